The van der Waals surface area contributed by atoms with E-state index >= 15 is 0 Å². The predicted molar refractivity (Wildman–Crippen MR) is 136 cm³/mol. The third-order valence-electron chi connectivity index (χ3n) is 7.82. The van der Waals surface area contributed by atoms with Gasteiger partial charge in [-0.15, -0.1) is 0 Å². The second-order valence-corrected chi connectivity index (χ2v) is 12.9. The maximum atomic E-state index is 6.29. The highest BCUT2D eigenvalue weighted by molar-refractivity contribution is 6.60. The fourth-order valence-corrected chi connectivity index (χ4v) is 8.65. The first-order chi connectivity index (χ1) is 15.7. The Morgan fingerprint density at radius 2 is 1.19 bits per heavy atom. The van der Waals surface area contributed by atoms with Crippen LogP contribution in [0.4, 0.5) is 0 Å². The van der Waals surface area contributed by atoms with Gasteiger partial charge in [0.1, 0.15) is 0 Å². The average Bonchev–Trinajstić information content (AvgIpc) is 2.81. The Morgan fingerprint density at radius 3 is 1.72 bits per heavy atom. The molecule has 32 heavy (non-hydrogen) atoms. The maximum Gasteiger partial charge on any atom is 0.501 e. The van der Waals surface area contributed by atoms with Gasteiger partial charge >= 0.3 is 8.80 Å². The normalized spacial score (nSPS) is 27.0. The summed E-state index contributed by atoms with van der Waals surface area (Å²) in [7, 11) is -2.51. The summed E-state index contributed by atoms with van der Waals surface area (Å²) in [5, 5.41) is 0. The highest BCUT2D eigenvalue weighted by Crippen LogP contribution is 2.41. The van der Waals surface area contributed by atoms with Crippen LogP contribution in [0.15, 0.2) is 0 Å². The molecule has 0 radical (unpaired) electrons. The van der Waals surface area contributed by atoms with Gasteiger partial charge in [0, 0.05) is 32.5 Å². The number of rotatable bonds is 17. The molecule has 2 fully saturated rings. The van der Waals surface area contributed by atoms with Crippen molar-refractivity contribution in [3.63, 3.8) is 0 Å². The van der Waals surface area contributed by atoms with E-state index in [9.17, 15) is 0 Å². The van der Waals surface area contributed by atoms with Gasteiger partial charge in [-0.3, -0.25) is 0 Å². The Morgan fingerprint density at radius 1 is 0.625 bits per heavy atom. The standard InChI is InChI=1S/C27H54O4Si/c1-5-9-10-11-13-24-14-16-25(17-15-24)26-18-20-27(21-19-26)28-22-12-23-32(29-6-2,30-7-3)31-8-4/h24-27H,5-23H2,1-4H3. The second kappa shape index (κ2) is 16.6. The number of hydrogen-bond donors (Lipinski definition) is 0. The molecule has 0 bridgehead atoms. The summed E-state index contributed by atoms with van der Waals surface area (Å²) in [6.07, 6.45) is 19.9. The first kappa shape index (κ1) is 28.3. The van der Waals surface area contributed by atoms with Crippen LogP contribution in [0, 0.1) is 17.8 Å². The molecular weight excluding hydrogens is 416 g/mol. The van der Waals surface area contributed by atoms with Gasteiger partial charge in [-0.05, 0) is 83.5 Å². The topological polar surface area (TPSA) is 36.9 Å². The lowest BCUT2D eigenvalue weighted by molar-refractivity contribution is 0.00424. The fourth-order valence-electron chi connectivity index (χ4n) is 6.07. The lowest BCUT2D eigenvalue weighted by Crippen LogP contribution is -2.46. The molecular formula is C27H54O4Si. The van der Waals surface area contributed by atoms with Crippen molar-refractivity contribution in [1.82, 2.24) is 0 Å². The molecule has 0 N–H and O–H groups in total. The highest BCUT2D eigenvalue weighted by atomic mass is 28.4. The first-order valence-corrected chi connectivity index (χ1v) is 16.1. The molecule has 0 aromatic heterocycles. The molecule has 190 valence electrons. The minimum atomic E-state index is -2.51. The average molecular weight is 471 g/mol. The molecule has 2 aliphatic carbocycles. The van der Waals surface area contributed by atoms with Crippen molar-refractivity contribution < 1.29 is 18.0 Å². The Bertz CT molecular complexity index is 428. The van der Waals surface area contributed by atoms with Gasteiger partial charge in [-0.25, -0.2) is 0 Å². The zero-order valence-corrected chi connectivity index (χ0v) is 22.9. The molecule has 2 saturated carbocycles. The van der Waals surface area contributed by atoms with Crippen LogP contribution in [0.1, 0.15) is 118 Å². The zero-order chi connectivity index (χ0) is 23.1. The van der Waals surface area contributed by atoms with Crippen LogP contribution in [-0.2, 0) is 18.0 Å². The Kier molecular flexibility index (Phi) is 14.7. The minimum absolute atomic E-state index is 0.462. The Balaban J connectivity index is 1.59. The van der Waals surface area contributed by atoms with Gasteiger partial charge in [-0.1, -0.05) is 51.9 Å². The molecule has 0 amide bonds. The number of unbranched alkanes of at least 4 members (excludes halogenated alkanes) is 3. The fraction of sp³-hybridized carbons (Fsp3) is 1.00. The van der Waals surface area contributed by atoms with Gasteiger partial charge < -0.3 is 18.0 Å². The SMILES string of the molecule is CCCCCCC1CCC(C2CCC(OCCC[Si](OCC)(OCC)OCC)CC2)CC1. The number of hydrogen-bond acceptors (Lipinski definition) is 4. The quantitative estimate of drug-likeness (QED) is 0.161. The van der Waals surface area contributed by atoms with Crippen molar-refractivity contribution in [2.75, 3.05) is 26.4 Å². The summed E-state index contributed by atoms with van der Waals surface area (Å²) in [5.41, 5.74) is 0. The molecule has 0 heterocycles. The Hall–Kier alpha value is 0.0569. The van der Waals surface area contributed by atoms with Gasteiger partial charge in [-0.2, -0.15) is 0 Å². The number of ether oxygens (including phenoxy) is 1. The third kappa shape index (κ3) is 10.1. The summed E-state index contributed by atoms with van der Waals surface area (Å²) < 4.78 is 24.2. The van der Waals surface area contributed by atoms with Crippen LogP contribution < -0.4 is 0 Å². The van der Waals surface area contributed by atoms with Crippen LogP contribution in [0.5, 0.6) is 0 Å². The van der Waals surface area contributed by atoms with E-state index in [1.165, 1.54) is 83.5 Å². The van der Waals surface area contributed by atoms with Gasteiger partial charge in [0.05, 0.1) is 6.10 Å². The van der Waals surface area contributed by atoms with Crippen LogP contribution in [0.3, 0.4) is 0 Å². The summed E-state index contributed by atoms with van der Waals surface area (Å²) in [5.74, 6) is 2.99. The molecule has 0 spiro atoms. The molecule has 5 heteroatoms. The molecule has 2 aliphatic rings. The van der Waals surface area contributed by atoms with E-state index in [2.05, 4.69) is 6.92 Å². The Labute approximate surface area is 200 Å². The molecule has 2 rings (SSSR count). The molecule has 0 aromatic carbocycles. The predicted octanol–water partition coefficient (Wildman–Crippen LogP) is 7.78. The van der Waals surface area contributed by atoms with Crippen molar-refractivity contribution in [2.24, 2.45) is 17.8 Å². The van der Waals surface area contributed by atoms with Crippen molar-refractivity contribution in [2.45, 2.75) is 130 Å². The van der Waals surface area contributed by atoms with Crippen LogP contribution >= 0.6 is 0 Å². The summed E-state index contributed by atoms with van der Waals surface area (Å²) in [4.78, 5) is 0. The molecule has 0 aliphatic heterocycles. The largest absolute Gasteiger partial charge is 0.501 e. The van der Waals surface area contributed by atoms with E-state index in [0.717, 1.165) is 36.8 Å². The van der Waals surface area contributed by atoms with Crippen molar-refractivity contribution in [3.05, 3.63) is 0 Å². The smallest absolute Gasteiger partial charge is 0.378 e. The zero-order valence-electron chi connectivity index (χ0n) is 21.9. The van der Waals surface area contributed by atoms with Gasteiger partial charge in [0.25, 0.3) is 0 Å². The molecule has 4 nitrogen and oxygen atoms in total. The van der Waals surface area contributed by atoms with E-state index in [1.54, 1.807) is 0 Å². The summed E-state index contributed by atoms with van der Waals surface area (Å²) in [6, 6.07) is 0.861. The van der Waals surface area contributed by atoms with Crippen LogP contribution in [-0.4, -0.2) is 41.3 Å². The van der Waals surface area contributed by atoms with E-state index in [1.807, 2.05) is 20.8 Å². The maximum absolute atomic E-state index is 6.29. The van der Waals surface area contributed by atoms with Crippen molar-refractivity contribution in [3.8, 4) is 0 Å². The van der Waals surface area contributed by atoms with E-state index in [0.29, 0.717) is 25.9 Å². The molecule has 0 saturated heterocycles. The van der Waals surface area contributed by atoms with Crippen molar-refractivity contribution in [1.29, 1.82) is 0 Å². The molecule has 0 unspecified atom stereocenters. The molecule has 0 aromatic rings. The highest BCUT2D eigenvalue weighted by Gasteiger charge is 2.39. The lowest BCUT2D eigenvalue weighted by atomic mass is 9.70. The molecule has 0 atom stereocenters. The van der Waals surface area contributed by atoms with E-state index in [-0.39, 0.29) is 0 Å². The van der Waals surface area contributed by atoms with Gasteiger partial charge in [0.15, 0.2) is 0 Å². The van der Waals surface area contributed by atoms with Gasteiger partial charge in [0.2, 0.25) is 0 Å². The summed E-state index contributed by atoms with van der Waals surface area (Å²) in [6.45, 7) is 11.1. The first-order valence-electron chi connectivity index (χ1n) is 14.2. The van der Waals surface area contributed by atoms with E-state index in [4.69, 9.17) is 18.0 Å². The third-order valence-corrected chi connectivity index (χ3v) is 11.0. The monoisotopic (exact) mass is 470 g/mol. The summed E-state index contributed by atoms with van der Waals surface area (Å²) >= 11 is 0. The minimum Gasteiger partial charge on any atom is -0.378 e. The second-order valence-electron chi connectivity index (χ2n) is 10.1. The van der Waals surface area contributed by atoms with E-state index < -0.39 is 8.80 Å². The van der Waals surface area contributed by atoms with Crippen molar-refractivity contribution >= 4 is 8.80 Å². The van der Waals surface area contributed by atoms with Crippen LogP contribution in [0.25, 0.3) is 0 Å². The lowest BCUT2D eigenvalue weighted by Gasteiger charge is -2.38. The van der Waals surface area contributed by atoms with Crippen LogP contribution in [0.2, 0.25) is 6.04 Å².